The second-order valence-electron chi connectivity index (χ2n) is 6.61. The van der Waals surface area contributed by atoms with Crippen molar-refractivity contribution in [2.45, 2.75) is 32.3 Å². The number of nitrogens with two attached hydrogens (primary N) is 1. The number of ether oxygens (including phenoxy) is 1. The summed E-state index contributed by atoms with van der Waals surface area (Å²) in [6.07, 6.45) is 1.54. The molecule has 1 aliphatic rings. The first kappa shape index (κ1) is 18.2. The van der Waals surface area contributed by atoms with Gasteiger partial charge in [0.1, 0.15) is 10.6 Å². The number of para-hydroxylation sites is 1. The molecule has 144 valence electrons. The van der Waals surface area contributed by atoms with E-state index in [9.17, 15) is 14.4 Å². The molecule has 2 aromatic heterocycles. The maximum Gasteiger partial charge on any atom is 0.375 e. The monoisotopic (exact) mass is 398 g/mol. The zero-order valence-electron chi connectivity index (χ0n) is 15.1. The Morgan fingerprint density at radius 2 is 2.04 bits per heavy atom. The van der Waals surface area contributed by atoms with Crippen molar-refractivity contribution in [1.29, 1.82) is 0 Å². The van der Waals surface area contributed by atoms with E-state index in [2.05, 4.69) is 5.32 Å². The molecule has 7 nitrogen and oxygen atoms in total. The predicted octanol–water partition coefficient (Wildman–Crippen LogP) is 3.27. The molecular weight excluding hydrogens is 380 g/mol. The summed E-state index contributed by atoms with van der Waals surface area (Å²) in [5, 5.41) is 3.86. The lowest BCUT2D eigenvalue weighted by molar-refractivity contribution is -0.123. The highest BCUT2D eigenvalue weighted by molar-refractivity contribution is 7.17. The smallest absolute Gasteiger partial charge is 0.375 e. The molecule has 0 fully saturated rings. The van der Waals surface area contributed by atoms with Crippen molar-refractivity contribution < 1.29 is 23.5 Å². The summed E-state index contributed by atoms with van der Waals surface area (Å²) in [7, 11) is 0. The second kappa shape index (κ2) is 7.12. The van der Waals surface area contributed by atoms with Gasteiger partial charge in [0.2, 0.25) is 5.76 Å². The Bertz CT molecular complexity index is 1060. The number of primary amides is 1. The van der Waals surface area contributed by atoms with Gasteiger partial charge >= 0.3 is 5.97 Å². The molecule has 28 heavy (non-hydrogen) atoms. The number of benzene rings is 1. The highest BCUT2D eigenvalue weighted by Gasteiger charge is 2.28. The van der Waals surface area contributed by atoms with Crippen LogP contribution in [-0.4, -0.2) is 23.9 Å². The molecule has 4 rings (SSSR count). The maximum absolute atomic E-state index is 12.5. The molecule has 2 amide bonds. The van der Waals surface area contributed by atoms with Crippen molar-refractivity contribution in [2.24, 2.45) is 5.73 Å². The topological polar surface area (TPSA) is 112 Å². The first-order valence-corrected chi connectivity index (χ1v) is 9.70. The van der Waals surface area contributed by atoms with E-state index in [1.165, 1.54) is 18.3 Å². The van der Waals surface area contributed by atoms with E-state index >= 15 is 0 Å². The molecule has 0 saturated carbocycles. The first-order valence-electron chi connectivity index (χ1n) is 8.89. The number of hydrogen-bond donors (Lipinski definition) is 2. The average molecular weight is 398 g/mol. The number of esters is 1. The number of furan rings is 1. The van der Waals surface area contributed by atoms with Gasteiger partial charge in [0, 0.05) is 10.3 Å². The summed E-state index contributed by atoms with van der Waals surface area (Å²) in [6, 6.07) is 8.75. The highest BCUT2D eigenvalue weighted by atomic mass is 32.1. The quantitative estimate of drug-likeness (QED) is 0.641. The SMILES string of the molecule is C[C@H](OC(=O)c1cc2ccccc2o1)C(=O)Nc1sc2c(c1C(N)=O)CCC2. The zero-order valence-corrected chi connectivity index (χ0v) is 15.9. The molecule has 2 heterocycles. The third-order valence-corrected chi connectivity index (χ3v) is 5.89. The van der Waals surface area contributed by atoms with E-state index in [1.807, 2.05) is 12.1 Å². The van der Waals surface area contributed by atoms with Crippen molar-refractivity contribution in [1.82, 2.24) is 0 Å². The summed E-state index contributed by atoms with van der Waals surface area (Å²) in [5.74, 6) is -1.81. The van der Waals surface area contributed by atoms with Gasteiger partial charge < -0.3 is 20.2 Å². The molecule has 3 N–H and O–H groups in total. The third kappa shape index (κ3) is 3.27. The third-order valence-electron chi connectivity index (χ3n) is 4.68. The van der Waals surface area contributed by atoms with E-state index in [0.29, 0.717) is 16.1 Å². The minimum Gasteiger partial charge on any atom is -0.449 e. The molecule has 0 unspecified atom stereocenters. The van der Waals surface area contributed by atoms with Crippen LogP contribution in [0.1, 0.15) is 44.7 Å². The number of anilines is 1. The number of carbonyl (C=O) groups is 3. The number of aryl methyl sites for hydroxylation is 1. The Morgan fingerprint density at radius 1 is 1.25 bits per heavy atom. The number of amides is 2. The van der Waals surface area contributed by atoms with E-state index in [0.717, 1.165) is 35.1 Å². The standard InChI is InChI=1S/C20H18N2O5S/c1-10(26-20(25)14-9-11-5-2-3-7-13(11)27-14)18(24)22-19-16(17(21)23)12-6-4-8-15(12)28-19/h2-3,5,7,9-10H,4,6,8H2,1H3,(H2,21,23)(H,22,24)/t10-/m0/s1. The molecule has 0 spiro atoms. The molecule has 0 radical (unpaired) electrons. The van der Waals surface area contributed by atoms with E-state index in [1.54, 1.807) is 18.2 Å². The Hall–Kier alpha value is -3.13. The van der Waals surface area contributed by atoms with Crippen LogP contribution in [0.3, 0.4) is 0 Å². The Balaban J connectivity index is 1.47. The number of nitrogens with one attached hydrogen (secondary N) is 1. The van der Waals surface area contributed by atoms with Gasteiger partial charge in [-0.1, -0.05) is 18.2 Å². The van der Waals surface area contributed by atoms with Gasteiger partial charge in [-0.3, -0.25) is 9.59 Å². The molecule has 1 atom stereocenters. The van der Waals surface area contributed by atoms with Gasteiger partial charge in [-0.05, 0) is 43.9 Å². The van der Waals surface area contributed by atoms with Crippen molar-refractivity contribution >= 4 is 45.1 Å². The van der Waals surface area contributed by atoms with E-state index in [-0.39, 0.29) is 5.76 Å². The Labute approximate surface area is 164 Å². The zero-order chi connectivity index (χ0) is 19.8. The van der Waals surface area contributed by atoms with Crippen LogP contribution in [0.4, 0.5) is 5.00 Å². The van der Waals surface area contributed by atoms with Crippen LogP contribution in [0.15, 0.2) is 34.7 Å². The van der Waals surface area contributed by atoms with Gasteiger partial charge in [-0.25, -0.2) is 4.79 Å². The van der Waals surface area contributed by atoms with Crippen LogP contribution in [0.5, 0.6) is 0 Å². The van der Waals surface area contributed by atoms with Crippen LogP contribution in [0.2, 0.25) is 0 Å². The van der Waals surface area contributed by atoms with Gasteiger partial charge in [-0.2, -0.15) is 0 Å². The van der Waals surface area contributed by atoms with Crippen molar-refractivity contribution in [3.05, 3.63) is 52.1 Å². The van der Waals surface area contributed by atoms with E-state index in [4.69, 9.17) is 14.9 Å². The van der Waals surface area contributed by atoms with Crippen LogP contribution in [0.25, 0.3) is 11.0 Å². The lowest BCUT2D eigenvalue weighted by atomic mass is 10.1. The summed E-state index contributed by atoms with van der Waals surface area (Å²) >= 11 is 1.35. The number of rotatable bonds is 5. The fourth-order valence-electron chi connectivity index (χ4n) is 3.32. The molecule has 8 heteroatoms. The Morgan fingerprint density at radius 3 is 2.79 bits per heavy atom. The number of carbonyl (C=O) groups excluding carboxylic acids is 3. The molecule has 1 aliphatic carbocycles. The molecule has 3 aromatic rings. The predicted molar refractivity (Wildman–Crippen MR) is 105 cm³/mol. The van der Waals surface area contributed by atoms with Crippen molar-refractivity contribution in [3.63, 3.8) is 0 Å². The lowest BCUT2D eigenvalue weighted by Crippen LogP contribution is -2.30. The average Bonchev–Trinajstić information content (AvgIpc) is 3.34. The van der Waals surface area contributed by atoms with Crippen LogP contribution < -0.4 is 11.1 Å². The van der Waals surface area contributed by atoms with Gasteiger partial charge in [0.15, 0.2) is 6.10 Å². The van der Waals surface area contributed by atoms with Crippen molar-refractivity contribution in [2.75, 3.05) is 5.32 Å². The summed E-state index contributed by atoms with van der Waals surface area (Å²) in [4.78, 5) is 37.7. The lowest BCUT2D eigenvalue weighted by Gasteiger charge is -2.12. The molecule has 0 bridgehead atoms. The van der Waals surface area contributed by atoms with Gasteiger partial charge in [-0.15, -0.1) is 11.3 Å². The normalized spacial score (nSPS) is 13.9. The van der Waals surface area contributed by atoms with Crippen molar-refractivity contribution in [3.8, 4) is 0 Å². The second-order valence-corrected chi connectivity index (χ2v) is 7.72. The van der Waals surface area contributed by atoms with Crippen LogP contribution >= 0.6 is 11.3 Å². The minimum atomic E-state index is -1.07. The summed E-state index contributed by atoms with van der Waals surface area (Å²) in [5.41, 5.74) is 7.34. The fourth-order valence-corrected chi connectivity index (χ4v) is 4.62. The maximum atomic E-state index is 12.5. The molecule has 1 aromatic carbocycles. The van der Waals surface area contributed by atoms with Gasteiger partial charge in [0.25, 0.3) is 11.8 Å². The molecule has 0 aliphatic heterocycles. The van der Waals surface area contributed by atoms with Crippen LogP contribution in [0, 0.1) is 0 Å². The highest BCUT2D eigenvalue weighted by Crippen LogP contribution is 2.38. The summed E-state index contributed by atoms with van der Waals surface area (Å²) in [6.45, 7) is 1.46. The summed E-state index contributed by atoms with van der Waals surface area (Å²) < 4.78 is 10.7. The fraction of sp³-hybridized carbons (Fsp3) is 0.250. The number of hydrogen-bond acceptors (Lipinski definition) is 6. The number of thiophene rings is 1. The van der Waals surface area contributed by atoms with Gasteiger partial charge in [0.05, 0.1) is 5.56 Å². The molecule has 0 saturated heterocycles. The number of fused-ring (bicyclic) bond motifs is 2. The van der Waals surface area contributed by atoms with E-state index < -0.39 is 23.9 Å². The Kier molecular flexibility index (Phi) is 4.64. The van der Waals surface area contributed by atoms with Crippen LogP contribution in [-0.2, 0) is 22.4 Å². The first-order chi connectivity index (χ1) is 13.4. The largest absolute Gasteiger partial charge is 0.449 e. The molecular formula is C20H18N2O5S. The minimum absolute atomic E-state index is 0.0220.